The van der Waals surface area contributed by atoms with E-state index in [9.17, 15) is 0 Å². The Kier molecular flexibility index (Phi) is 4.76. The molecule has 0 radical (unpaired) electrons. The van der Waals surface area contributed by atoms with Gasteiger partial charge in [0.2, 0.25) is 0 Å². The largest absolute Gasteiger partial charge is 0.460 e. The Morgan fingerprint density at radius 2 is 2.26 bits per heavy atom. The summed E-state index contributed by atoms with van der Waals surface area (Å²) in [7, 11) is 0. The molecule has 104 valence electrons. The third-order valence-corrected chi connectivity index (χ3v) is 2.75. The Labute approximate surface area is 113 Å². The van der Waals surface area contributed by atoms with Crippen LogP contribution in [0, 0.1) is 6.92 Å². The molecule has 5 nitrogen and oxygen atoms in total. The van der Waals surface area contributed by atoms with Crippen LogP contribution in [0.3, 0.4) is 0 Å². The number of nitrogens with zero attached hydrogens (tertiary/aromatic N) is 1. The molecule has 0 bridgehead atoms. The zero-order valence-corrected chi connectivity index (χ0v) is 11.7. The van der Waals surface area contributed by atoms with Gasteiger partial charge >= 0.3 is 0 Å². The van der Waals surface area contributed by atoms with Gasteiger partial charge in [-0.05, 0) is 32.9 Å². The number of aryl methyl sites for hydroxylation is 1. The number of aromatic nitrogens is 2. The summed E-state index contributed by atoms with van der Waals surface area (Å²) in [4.78, 5) is 0. The summed E-state index contributed by atoms with van der Waals surface area (Å²) in [6.45, 7) is 8.28. The highest BCUT2D eigenvalue weighted by molar-refractivity contribution is 5.56. The minimum atomic E-state index is 0.275. The second kappa shape index (κ2) is 6.54. The standard InChI is InChI=1S/C14H21N3O2/c1-10(2)18-7-6-15-8-12-9-16-17-14(12)13-5-4-11(3)19-13/h4-5,9-10,15H,6-8H2,1-3H3,(H,16,17). The number of nitrogens with one attached hydrogen (secondary N) is 2. The summed E-state index contributed by atoms with van der Waals surface area (Å²) < 4.78 is 11.1. The molecule has 0 spiro atoms. The van der Waals surface area contributed by atoms with Gasteiger partial charge < -0.3 is 14.5 Å². The van der Waals surface area contributed by atoms with Gasteiger partial charge in [0.25, 0.3) is 0 Å². The summed E-state index contributed by atoms with van der Waals surface area (Å²) in [6, 6.07) is 3.90. The topological polar surface area (TPSA) is 63.1 Å². The van der Waals surface area contributed by atoms with Crippen molar-refractivity contribution in [2.24, 2.45) is 0 Å². The number of rotatable bonds is 7. The van der Waals surface area contributed by atoms with Gasteiger partial charge in [-0.1, -0.05) is 0 Å². The number of furan rings is 1. The van der Waals surface area contributed by atoms with Crippen molar-refractivity contribution in [1.82, 2.24) is 15.5 Å². The smallest absolute Gasteiger partial charge is 0.152 e. The van der Waals surface area contributed by atoms with Crippen LogP contribution in [-0.2, 0) is 11.3 Å². The van der Waals surface area contributed by atoms with Crippen LogP contribution in [-0.4, -0.2) is 29.5 Å². The third-order valence-electron chi connectivity index (χ3n) is 2.75. The molecule has 0 amide bonds. The number of ether oxygens (including phenoxy) is 1. The highest BCUT2D eigenvalue weighted by atomic mass is 16.5. The lowest BCUT2D eigenvalue weighted by molar-refractivity contribution is 0.0807. The first-order valence-electron chi connectivity index (χ1n) is 6.58. The van der Waals surface area contributed by atoms with Crippen molar-refractivity contribution in [1.29, 1.82) is 0 Å². The second-order valence-electron chi connectivity index (χ2n) is 4.78. The van der Waals surface area contributed by atoms with Gasteiger partial charge in [-0.2, -0.15) is 5.10 Å². The molecule has 0 saturated heterocycles. The summed E-state index contributed by atoms with van der Waals surface area (Å²) >= 11 is 0. The Hall–Kier alpha value is -1.59. The predicted molar refractivity (Wildman–Crippen MR) is 73.8 cm³/mol. The van der Waals surface area contributed by atoms with Crippen LogP contribution in [0.1, 0.15) is 25.2 Å². The van der Waals surface area contributed by atoms with Gasteiger partial charge in [0.05, 0.1) is 18.9 Å². The first-order valence-corrected chi connectivity index (χ1v) is 6.58. The summed E-state index contributed by atoms with van der Waals surface area (Å²) in [5, 5.41) is 10.4. The van der Waals surface area contributed by atoms with E-state index in [4.69, 9.17) is 9.15 Å². The number of hydrogen-bond acceptors (Lipinski definition) is 4. The molecule has 0 fully saturated rings. The average Bonchev–Trinajstić information content (AvgIpc) is 2.96. The lowest BCUT2D eigenvalue weighted by atomic mass is 10.2. The van der Waals surface area contributed by atoms with Crippen LogP contribution in [0.5, 0.6) is 0 Å². The molecular formula is C14H21N3O2. The van der Waals surface area contributed by atoms with Crippen LogP contribution in [0.2, 0.25) is 0 Å². The monoisotopic (exact) mass is 263 g/mol. The molecule has 0 aliphatic rings. The zero-order chi connectivity index (χ0) is 13.7. The van der Waals surface area contributed by atoms with Gasteiger partial charge in [-0.3, -0.25) is 5.10 Å². The highest BCUT2D eigenvalue weighted by Crippen LogP contribution is 2.22. The van der Waals surface area contributed by atoms with Crippen LogP contribution in [0.25, 0.3) is 11.5 Å². The molecule has 5 heteroatoms. The van der Waals surface area contributed by atoms with Crippen molar-refractivity contribution in [3.05, 3.63) is 29.7 Å². The summed E-state index contributed by atoms with van der Waals surface area (Å²) in [6.07, 6.45) is 2.10. The van der Waals surface area contributed by atoms with Crippen molar-refractivity contribution in [2.75, 3.05) is 13.2 Å². The number of hydrogen-bond donors (Lipinski definition) is 2. The second-order valence-corrected chi connectivity index (χ2v) is 4.78. The van der Waals surface area contributed by atoms with Crippen molar-refractivity contribution in [3.63, 3.8) is 0 Å². The molecule has 0 atom stereocenters. The van der Waals surface area contributed by atoms with E-state index in [-0.39, 0.29) is 6.10 Å². The summed E-state index contributed by atoms with van der Waals surface area (Å²) in [5.41, 5.74) is 2.03. The molecule has 2 heterocycles. The molecule has 0 aromatic carbocycles. The molecule has 2 aromatic rings. The molecule has 19 heavy (non-hydrogen) atoms. The molecule has 0 aliphatic carbocycles. The zero-order valence-electron chi connectivity index (χ0n) is 11.7. The fourth-order valence-electron chi connectivity index (χ4n) is 1.82. The fourth-order valence-corrected chi connectivity index (χ4v) is 1.82. The van der Waals surface area contributed by atoms with E-state index < -0.39 is 0 Å². The van der Waals surface area contributed by atoms with E-state index in [0.29, 0.717) is 6.61 Å². The Morgan fingerprint density at radius 1 is 1.42 bits per heavy atom. The maximum atomic E-state index is 5.60. The minimum Gasteiger partial charge on any atom is -0.460 e. The average molecular weight is 263 g/mol. The molecule has 0 saturated carbocycles. The summed E-state index contributed by atoms with van der Waals surface area (Å²) in [5.74, 6) is 1.72. The maximum absolute atomic E-state index is 5.60. The number of H-pyrrole nitrogens is 1. The van der Waals surface area contributed by atoms with E-state index >= 15 is 0 Å². The van der Waals surface area contributed by atoms with E-state index in [0.717, 1.165) is 35.9 Å². The van der Waals surface area contributed by atoms with Crippen molar-refractivity contribution >= 4 is 0 Å². The molecule has 0 aliphatic heterocycles. The lowest BCUT2D eigenvalue weighted by Gasteiger charge is -2.08. The van der Waals surface area contributed by atoms with Crippen LogP contribution in [0.15, 0.2) is 22.7 Å². The Bertz CT molecular complexity index is 502. The normalized spacial score (nSPS) is 11.4. The number of aromatic amines is 1. The maximum Gasteiger partial charge on any atom is 0.152 e. The van der Waals surface area contributed by atoms with Crippen LogP contribution in [0.4, 0.5) is 0 Å². The fraction of sp³-hybridized carbons (Fsp3) is 0.500. The van der Waals surface area contributed by atoms with Gasteiger partial charge in [-0.15, -0.1) is 0 Å². The van der Waals surface area contributed by atoms with Crippen LogP contribution < -0.4 is 5.32 Å². The van der Waals surface area contributed by atoms with Gasteiger partial charge in [0, 0.05) is 18.7 Å². The van der Waals surface area contributed by atoms with Gasteiger partial charge in [-0.25, -0.2) is 0 Å². The minimum absolute atomic E-state index is 0.275. The molecule has 2 aromatic heterocycles. The quantitative estimate of drug-likeness (QED) is 0.753. The predicted octanol–water partition coefficient (Wildman–Crippen LogP) is 2.49. The van der Waals surface area contributed by atoms with Crippen molar-refractivity contribution < 1.29 is 9.15 Å². The van der Waals surface area contributed by atoms with E-state index in [1.54, 1.807) is 0 Å². The molecule has 0 unspecified atom stereocenters. The van der Waals surface area contributed by atoms with Crippen molar-refractivity contribution in [3.8, 4) is 11.5 Å². The third kappa shape index (κ3) is 3.94. The SMILES string of the molecule is Cc1ccc(-c2[nH]ncc2CNCCOC(C)C)o1. The van der Waals surface area contributed by atoms with Crippen LogP contribution >= 0.6 is 0 Å². The van der Waals surface area contributed by atoms with E-state index in [2.05, 4.69) is 15.5 Å². The molecular weight excluding hydrogens is 242 g/mol. The van der Waals surface area contributed by atoms with E-state index in [1.165, 1.54) is 0 Å². The van der Waals surface area contributed by atoms with Crippen molar-refractivity contribution in [2.45, 2.75) is 33.4 Å². The first-order chi connectivity index (χ1) is 9.16. The van der Waals surface area contributed by atoms with Gasteiger partial charge in [0.1, 0.15) is 11.5 Å². The Morgan fingerprint density at radius 3 is 2.95 bits per heavy atom. The first kappa shape index (κ1) is 13.8. The Balaban J connectivity index is 1.86. The van der Waals surface area contributed by atoms with Gasteiger partial charge in [0.15, 0.2) is 5.76 Å². The van der Waals surface area contributed by atoms with E-state index in [1.807, 2.05) is 39.1 Å². The molecule has 2 N–H and O–H groups in total. The molecule has 2 rings (SSSR count). The highest BCUT2D eigenvalue weighted by Gasteiger charge is 2.10. The lowest BCUT2D eigenvalue weighted by Crippen LogP contribution is -2.21.